The molecule has 1 unspecified atom stereocenters. The summed E-state index contributed by atoms with van der Waals surface area (Å²) in [5, 5.41) is 7.42. The van der Waals surface area contributed by atoms with Crippen molar-refractivity contribution in [1.29, 1.82) is 0 Å². The van der Waals surface area contributed by atoms with Crippen LogP contribution in [0.3, 0.4) is 0 Å². The predicted molar refractivity (Wildman–Crippen MR) is 138 cm³/mol. The highest BCUT2D eigenvalue weighted by molar-refractivity contribution is 5.87. The molecule has 186 valence electrons. The van der Waals surface area contributed by atoms with Crippen molar-refractivity contribution in [3.63, 3.8) is 0 Å². The fourth-order valence-corrected chi connectivity index (χ4v) is 4.70. The first-order valence-electron chi connectivity index (χ1n) is 12.3. The van der Waals surface area contributed by atoms with E-state index < -0.39 is 6.04 Å². The number of nitrogens with one attached hydrogen (secondary N) is 1. The molecule has 3 heterocycles. The molecule has 3 aromatic carbocycles. The van der Waals surface area contributed by atoms with E-state index in [1.54, 1.807) is 4.90 Å². The van der Waals surface area contributed by atoms with Gasteiger partial charge in [-0.15, -0.1) is 0 Å². The van der Waals surface area contributed by atoms with Gasteiger partial charge in [-0.3, -0.25) is 4.90 Å². The lowest BCUT2D eigenvalue weighted by molar-refractivity contribution is 0.174. The van der Waals surface area contributed by atoms with Crippen LogP contribution in [0, 0.1) is 0 Å². The number of aromatic nitrogens is 2. The number of carbonyl (C=O) groups is 1. The molecule has 0 saturated carbocycles. The molecule has 8 nitrogen and oxygen atoms in total. The maximum atomic E-state index is 13.3. The average Bonchev–Trinajstić information content (AvgIpc) is 3.61. The van der Waals surface area contributed by atoms with Crippen LogP contribution in [-0.2, 0) is 13.0 Å². The van der Waals surface area contributed by atoms with E-state index in [1.165, 1.54) is 5.56 Å². The minimum atomic E-state index is -0.435. The molecule has 2 aliphatic rings. The smallest absolute Gasteiger partial charge is 0.322 e. The van der Waals surface area contributed by atoms with Gasteiger partial charge < -0.3 is 19.3 Å². The van der Waals surface area contributed by atoms with Gasteiger partial charge in [-0.2, -0.15) is 4.98 Å². The number of fused-ring (bicyclic) bond motifs is 1. The molecule has 0 aliphatic carbocycles. The van der Waals surface area contributed by atoms with Gasteiger partial charge in [-0.25, -0.2) is 4.79 Å². The zero-order valence-corrected chi connectivity index (χ0v) is 20.6. The van der Waals surface area contributed by atoms with Gasteiger partial charge in [0.2, 0.25) is 12.6 Å². The Hall–Kier alpha value is -4.59. The summed E-state index contributed by atoms with van der Waals surface area (Å²) >= 11 is 0. The van der Waals surface area contributed by atoms with Crippen LogP contribution in [0.25, 0.3) is 17.0 Å². The second-order valence-electron chi connectivity index (χ2n) is 9.04. The van der Waals surface area contributed by atoms with Crippen LogP contribution in [0.1, 0.15) is 42.5 Å². The van der Waals surface area contributed by atoms with E-state index in [-0.39, 0.29) is 12.8 Å². The Morgan fingerprint density at radius 2 is 1.76 bits per heavy atom. The summed E-state index contributed by atoms with van der Waals surface area (Å²) in [7, 11) is 0. The third-order valence-corrected chi connectivity index (χ3v) is 6.79. The largest absolute Gasteiger partial charge is 0.454 e. The van der Waals surface area contributed by atoms with Crippen molar-refractivity contribution in [3.05, 3.63) is 101 Å². The first kappa shape index (κ1) is 22.8. The summed E-state index contributed by atoms with van der Waals surface area (Å²) in [6.07, 6.45) is 0.937. The second kappa shape index (κ2) is 9.46. The Morgan fingerprint density at radius 1 is 0.973 bits per heavy atom. The average molecular weight is 495 g/mol. The van der Waals surface area contributed by atoms with E-state index in [0.29, 0.717) is 29.8 Å². The van der Waals surface area contributed by atoms with Crippen LogP contribution >= 0.6 is 0 Å². The maximum Gasteiger partial charge on any atom is 0.322 e. The van der Waals surface area contributed by atoms with Gasteiger partial charge in [-0.05, 0) is 48.2 Å². The molecule has 0 fully saturated rings. The molecular weight excluding hydrogens is 468 g/mol. The lowest BCUT2D eigenvalue weighted by atomic mass is 9.93. The van der Waals surface area contributed by atoms with Gasteiger partial charge in [0.1, 0.15) is 0 Å². The van der Waals surface area contributed by atoms with Gasteiger partial charge in [0.05, 0.1) is 18.2 Å². The van der Waals surface area contributed by atoms with E-state index in [4.69, 9.17) is 19.0 Å². The van der Waals surface area contributed by atoms with E-state index in [0.717, 1.165) is 34.4 Å². The number of hydrogen-bond acceptors (Lipinski definition) is 6. The molecule has 2 amide bonds. The summed E-state index contributed by atoms with van der Waals surface area (Å²) in [5.41, 5.74) is 5.47. The van der Waals surface area contributed by atoms with Gasteiger partial charge in [0, 0.05) is 11.3 Å². The number of carbonyl (C=O) groups excluding carboxylic acids is 1. The summed E-state index contributed by atoms with van der Waals surface area (Å²) < 4.78 is 16.7. The lowest BCUT2D eigenvalue weighted by Crippen LogP contribution is -2.45. The van der Waals surface area contributed by atoms with E-state index in [2.05, 4.69) is 29.5 Å². The highest BCUT2D eigenvalue weighted by atomic mass is 16.7. The fraction of sp³-hybridized carbons (Fsp3) is 0.207. The molecule has 8 heteroatoms. The number of urea groups is 1. The molecular formula is C29H26N4O4. The second-order valence-corrected chi connectivity index (χ2v) is 9.04. The van der Waals surface area contributed by atoms with Crippen molar-refractivity contribution < 1.29 is 18.8 Å². The van der Waals surface area contributed by atoms with E-state index in [1.807, 2.05) is 67.6 Å². The first-order chi connectivity index (χ1) is 18.1. The lowest BCUT2D eigenvalue weighted by Gasteiger charge is -2.35. The Morgan fingerprint density at radius 3 is 2.54 bits per heavy atom. The number of ether oxygens (including phenoxy) is 2. The van der Waals surface area contributed by atoms with Crippen LogP contribution in [0.2, 0.25) is 0 Å². The molecule has 4 aromatic rings. The van der Waals surface area contributed by atoms with Crippen LogP contribution < -0.4 is 14.8 Å². The molecule has 37 heavy (non-hydrogen) atoms. The number of allylic oxidation sites excluding steroid dienone is 1. The van der Waals surface area contributed by atoms with Gasteiger partial charge in [-0.1, -0.05) is 66.7 Å². The highest BCUT2D eigenvalue weighted by Gasteiger charge is 2.36. The minimum Gasteiger partial charge on any atom is -0.454 e. The Kier molecular flexibility index (Phi) is 5.84. The molecule has 0 radical (unpaired) electrons. The maximum absolute atomic E-state index is 13.3. The fourth-order valence-electron chi connectivity index (χ4n) is 4.70. The molecule has 2 aliphatic heterocycles. The van der Waals surface area contributed by atoms with Crippen molar-refractivity contribution in [2.24, 2.45) is 0 Å². The zero-order valence-electron chi connectivity index (χ0n) is 20.6. The zero-order chi connectivity index (χ0) is 25.4. The predicted octanol–water partition coefficient (Wildman–Crippen LogP) is 5.73. The summed E-state index contributed by atoms with van der Waals surface area (Å²) in [4.78, 5) is 19.8. The summed E-state index contributed by atoms with van der Waals surface area (Å²) in [6, 6.07) is 23.1. The number of aryl methyl sites for hydroxylation is 1. The van der Waals surface area contributed by atoms with Gasteiger partial charge in [0.15, 0.2) is 11.5 Å². The molecule has 0 spiro atoms. The highest BCUT2D eigenvalue weighted by Crippen LogP contribution is 2.39. The van der Waals surface area contributed by atoms with Gasteiger partial charge in [0.25, 0.3) is 5.89 Å². The van der Waals surface area contributed by atoms with Crippen molar-refractivity contribution in [1.82, 2.24) is 20.4 Å². The van der Waals surface area contributed by atoms with Crippen LogP contribution in [0.4, 0.5) is 4.79 Å². The molecule has 0 bridgehead atoms. The van der Waals surface area contributed by atoms with Crippen molar-refractivity contribution >= 4 is 11.6 Å². The Bertz CT molecular complexity index is 1480. The molecule has 0 saturated heterocycles. The minimum absolute atomic E-state index is 0.176. The van der Waals surface area contributed by atoms with Crippen LogP contribution in [0.5, 0.6) is 11.5 Å². The van der Waals surface area contributed by atoms with E-state index >= 15 is 0 Å². The van der Waals surface area contributed by atoms with Gasteiger partial charge >= 0.3 is 6.03 Å². The van der Waals surface area contributed by atoms with Crippen molar-refractivity contribution in [2.45, 2.75) is 32.9 Å². The quantitative estimate of drug-likeness (QED) is 0.368. The first-order valence-corrected chi connectivity index (χ1v) is 12.3. The summed E-state index contributed by atoms with van der Waals surface area (Å²) in [6.45, 7) is 4.66. The monoisotopic (exact) mass is 494 g/mol. The molecule has 6 rings (SSSR count). The topological polar surface area (TPSA) is 89.7 Å². The third-order valence-electron chi connectivity index (χ3n) is 6.79. The Balaban J connectivity index is 1.42. The third kappa shape index (κ3) is 4.31. The number of nitrogens with zero attached hydrogens (tertiary/aromatic N) is 3. The van der Waals surface area contributed by atoms with Crippen molar-refractivity contribution in [2.75, 3.05) is 6.79 Å². The molecule has 1 atom stereocenters. The van der Waals surface area contributed by atoms with E-state index in [9.17, 15) is 4.79 Å². The molecule has 1 aromatic heterocycles. The van der Waals surface area contributed by atoms with Crippen LogP contribution in [-0.4, -0.2) is 27.9 Å². The number of rotatable bonds is 6. The van der Waals surface area contributed by atoms with Crippen molar-refractivity contribution in [3.8, 4) is 22.9 Å². The number of hydrogen-bond donors (Lipinski definition) is 1. The molecule has 1 N–H and O–H groups in total. The number of amides is 2. The van der Waals surface area contributed by atoms with Crippen LogP contribution in [0.15, 0.2) is 83.0 Å². The summed E-state index contributed by atoms with van der Waals surface area (Å²) in [5.74, 6) is 2.12. The Labute approximate surface area is 214 Å². The standard InChI is InChI=1S/C29H26N4O4/c1-3-19-9-11-21(12-10-19)26-25(18(2)33(29(34)30-26)16-20-7-5-4-6-8-20)28-31-27(32-37-28)22-13-14-23-24(15-22)36-17-35-23/h4-15,26H,3,16-17H2,1-2H3,(H,30,34). The normalized spacial score (nSPS) is 16.8. The SMILES string of the molecule is CCc1ccc(C2NC(=O)N(Cc3ccccc3)C(C)=C2c2nc(-c3ccc4c(c3)OCO4)no2)cc1. The number of benzene rings is 3.